The minimum Gasteiger partial charge on any atom is -0.450 e. The summed E-state index contributed by atoms with van der Waals surface area (Å²) >= 11 is 0. The lowest BCUT2D eigenvalue weighted by molar-refractivity contribution is 0.0398. The number of aryl methyl sites for hydroxylation is 1. The molecule has 7 rings (SSSR count). The van der Waals surface area contributed by atoms with Crippen molar-refractivity contribution in [2.75, 3.05) is 51.3 Å². The van der Waals surface area contributed by atoms with Crippen molar-refractivity contribution in [2.45, 2.75) is 13.0 Å². The molecule has 220 valence electrons. The zero-order chi connectivity index (χ0) is 29.3. The highest BCUT2D eigenvalue weighted by molar-refractivity contribution is 6.03. The van der Waals surface area contributed by atoms with Crippen molar-refractivity contribution in [3.63, 3.8) is 0 Å². The maximum atomic E-state index is 15.8. The van der Waals surface area contributed by atoms with E-state index < -0.39 is 17.2 Å². The smallest absolute Gasteiger partial charge is 0.256 e. The predicted molar refractivity (Wildman–Crippen MR) is 162 cm³/mol. The van der Waals surface area contributed by atoms with Crippen LogP contribution in [0.3, 0.4) is 0 Å². The highest BCUT2D eigenvalue weighted by Crippen LogP contribution is 2.47. The molecule has 0 bridgehead atoms. The molecule has 1 amide bonds. The third-order valence-corrected chi connectivity index (χ3v) is 8.03. The van der Waals surface area contributed by atoms with E-state index in [-0.39, 0.29) is 22.4 Å². The molecule has 0 atom stereocenters. The second-order valence-corrected chi connectivity index (χ2v) is 10.7. The van der Waals surface area contributed by atoms with Gasteiger partial charge in [-0.2, -0.15) is 0 Å². The van der Waals surface area contributed by atoms with Crippen molar-refractivity contribution in [1.29, 1.82) is 0 Å². The quantitative estimate of drug-likeness (QED) is 0.247. The van der Waals surface area contributed by atoms with E-state index in [4.69, 9.17) is 9.47 Å². The number of rotatable bonds is 9. The van der Waals surface area contributed by atoms with Crippen LogP contribution in [0.2, 0.25) is 0 Å². The van der Waals surface area contributed by atoms with Crippen molar-refractivity contribution >= 4 is 33.3 Å². The zero-order valence-electron chi connectivity index (χ0n) is 23.5. The van der Waals surface area contributed by atoms with Crippen LogP contribution >= 0.6 is 0 Å². The van der Waals surface area contributed by atoms with E-state index in [1.54, 1.807) is 23.3 Å². The lowest BCUT2D eigenvalue weighted by atomic mass is 10.0. The number of imidazole rings is 1. The van der Waals surface area contributed by atoms with Crippen LogP contribution in [-0.4, -0.2) is 70.9 Å². The number of benzene rings is 3. The van der Waals surface area contributed by atoms with Crippen LogP contribution in [0.1, 0.15) is 16.8 Å². The van der Waals surface area contributed by atoms with Crippen LogP contribution in [-0.2, 0) is 11.3 Å². The molecule has 0 unspecified atom stereocenters. The Morgan fingerprint density at radius 1 is 1.02 bits per heavy atom. The maximum Gasteiger partial charge on any atom is 0.256 e. The second kappa shape index (κ2) is 11.5. The SMILES string of the molecule is O=C(NCCCn1ccnc1)c1cn2c3c(c(NCCN4CCOCC4)c(F)cc3c1=O)Oc1c-2ccc2ccccc12. The number of nitrogens with zero attached hydrogens (tertiary/aromatic N) is 4. The Hall–Kier alpha value is -4.74. The van der Waals surface area contributed by atoms with Gasteiger partial charge in [-0.25, -0.2) is 9.37 Å². The number of hydrogen-bond donors (Lipinski definition) is 2. The van der Waals surface area contributed by atoms with Gasteiger partial charge >= 0.3 is 0 Å². The third-order valence-electron chi connectivity index (χ3n) is 8.03. The molecule has 11 heteroatoms. The Morgan fingerprint density at radius 3 is 2.72 bits per heavy atom. The highest BCUT2D eigenvalue weighted by atomic mass is 19.1. The van der Waals surface area contributed by atoms with E-state index in [9.17, 15) is 9.59 Å². The molecule has 1 fully saturated rings. The number of halogens is 1. The van der Waals surface area contributed by atoms with Crippen molar-refractivity contribution in [2.24, 2.45) is 0 Å². The molecule has 43 heavy (non-hydrogen) atoms. The van der Waals surface area contributed by atoms with Crippen LogP contribution in [0.4, 0.5) is 10.1 Å². The maximum absolute atomic E-state index is 15.8. The normalized spacial score (nSPS) is 14.4. The first-order valence-electron chi connectivity index (χ1n) is 14.5. The number of ether oxygens (including phenoxy) is 2. The van der Waals surface area contributed by atoms with Crippen molar-refractivity contribution in [3.8, 4) is 17.2 Å². The molecule has 0 saturated carbocycles. The Labute approximate surface area is 246 Å². The van der Waals surface area contributed by atoms with Gasteiger partial charge in [0.1, 0.15) is 16.8 Å². The minimum atomic E-state index is -0.616. The number of anilines is 1. The summed E-state index contributed by atoms with van der Waals surface area (Å²) in [5.74, 6) is -0.367. The summed E-state index contributed by atoms with van der Waals surface area (Å²) < 4.78 is 31.5. The fourth-order valence-electron chi connectivity index (χ4n) is 5.81. The molecular formula is C32H31FN6O4. The molecule has 0 aliphatic carbocycles. The number of amides is 1. The molecule has 3 aromatic carbocycles. The number of fused-ring (bicyclic) bond motifs is 4. The van der Waals surface area contributed by atoms with E-state index in [0.29, 0.717) is 62.8 Å². The van der Waals surface area contributed by atoms with Crippen molar-refractivity contribution < 1.29 is 18.7 Å². The molecule has 0 spiro atoms. The summed E-state index contributed by atoms with van der Waals surface area (Å²) in [7, 11) is 0. The predicted octanol–water partition coefficient (Wildman–Crippen LogP) is 4.15. The van der Waals surface area contributed by atoms with Crippen molar-refractivity contribution in [3.05, 3.63) is 89.0 Å². The zero-order valence-corrected chi connectivity index (χ0v) is 23.5. The van der Waals surface area contributed by atoms with Gasteiger partial charge < -0.3 is 29.2 Å². The molecule has 10 nitrogen and oxygen atoms in total. The van der Waals surface area contributed by atoms with Gasteiger partial charge in [-0.15, -0.1) is 0 Å². The van der Waals surface area contributed by atoms with Crippen LogP contribution in [0.15, 0.2) is 72.2 Å². The Kier molecular flexibility index (Phi) is 7.25. The number of nitrogens with one attached hydrogen (secondary N) is 2. The second-order valence-electron chi connectivity index (χ2n) is 10.7. The molecule has 5 aromatic rings. The van der Waals surface area contributed by atoms with E-state index in [1.807, 2.05) is 47.2 Å². The van der Waals surface area contributed by atoms with Gasteiger partial charge in [0.25, 0.3) is 5.91 Å². The van der Waals surface area contributed by atoms with Gasteiger partial charge in [-0.05, 0) is 23.9 Å². The summed E-state index contributed by atoms with van der Waals surface area (Å²) in [6, 6.07) is 12.8. The summed E-state index contributed by atoms with van der Waals surface area (Å²) in [5, 5.41) is 7.96. The highest BCUT2D eigenvalue weighted by Gasteiger charge is 2.29. The van der Waals surface area contributed by atoms with Gasteiger partial charge in [-0.3, -0.25) is 14.5 Å². The van der Waals surface area contributed by atoms with Crippen molar-refractivity contribution in [1.82, 2.24) is 24.3 Å². The lowest BCUT2D eigenvalue weighted by Gasteiger charge is -2.28. The molecule has 2 aliphatic heterocycles. The molecule has 2 aliphatic rings. The molecular weight excluding hydrogens is 551 g/mol. The van der Waals surface area contributed by atoms with E-state index in [1.165, 1.54) is 6.07 Å². The van der Waals surface area contributed by atoms with Crippen LogP contribution < -0.4 is 20.8 Å². The Bertz CT molecular complexity index is 1880. The first kappa shape index (κ1) is 27.1. The largest absolute Gasteiger partial charge is 0.450 e. The fourth-order valence-corrected chi connectivity index (χ4v) is 5.81. The summed E-state index contributed by atoms with van der Waals surface area (Å²) in [5.41, 5.74) is 0.654. The Morgan fingerprint density at radius 2 is 1.88 bits per heavy atom. The number of carbonyl (C=O) groups excluding carboxylic acids is 1. The third kappa shape index (κ3) is 5.10. The van der Waals surface area contributed by atoms with Crippen LogP contribution in [0.25, 0.3) is 27.4 Å². The molecule has 2 aromatic heterocycles. The van der Waals surface area contributed by atoms with Gasteiger partial charge in [-0.1, -0.05) is 30.3 Å². The molecule has 2 N–H and O–H groups in total. The van der Waals surface area contributed by atoms with Crippen LogP contribution in [0, 0.1) is 5.82 Å². The topological polar surface area (TPSA) is 103 Å². The Balaban J connectivity index is 1.28. The molecule has 4 heterocycles. The summed E-state index contributed by atoms with van der Waals surface area (Å²) in [4.78, 5) is 33.3. The average molecular weight is 583 g/mol. The standard InChI is InChI=1S/C32H31FN6O4/c33-25-18-23-28-31(27(25)35-10-13-37-14-16-42-17-15-37)43-30-22-5-2-1-4-21(22)6-7-26(30)39(28)19-24(29(23)40)32(41)36-8-3-11-38-12-9-34-20-38/h1-2,4-7,9,12,18-20,35H,3,8,10-11,13-17H2,(H,36,41). The number of hydrogen-bond acceptors (Lipinski definition) is 7. The lowest BCUT2D eigenvalue weighted by Crippen LogP contribution is -2.39. The number of aromatic nitrogens is 3. The first-order valence-corrected chi connectivity index (χ1v) is 14.5. The van der Waals surface area contributed by atoms with Gasteiger partial charge in [0.15, 0.2) is 17.3 Å². The van der Waals surface area contributed by atoms with E-state index in [2.05, 4.69) is 20.5 Å². The van der Waals surface area contributed by atoms with Gasteiger partial charge in [0, 0.05) is 63.2 Å². The van der Waals surface area contributed by atoms with E-state index >= 15 is 4.39 Å². The van der Waals surface area contributed by atoms with Crippen LogP contribution in [0.5, 0.6) is 11.5 Å². The first-order chi connectivity index (χ1) is 21.1. The van der Waals surface area contributed by atoms with Gasteiger partial charge in [0.05, 0.1) is 30.6 Å². The van der Waals surface area contributed by atoms with E-state index in [0.717, 1.165) is 23.9 Å². The number of carbonyl (C=O) groups is 1. The summed E-state index contributed by atoms with van der Waals surface area (Å²) in [6.07, 6.45) is 7.46. The van der Waals surface area contributed by atoms with Gasteiger partial charge in [0.2, 0.25) is 5.43 Å². The monoisotopic (exact) mass is 582 g/mol. The number of morpholine rings is 1. The fraction of sp³-hybridized carbons (Fsp3) is 0.281. The molecule has 1 saturated heterocycles. The number of pyridine rings is 1. The molecule has 0 radical (unpaired) electrons. The average Bonchev–Trinajstić information content (AvgIpc) is 3.56. The summed E-state index contributed by atoms with van der Waals surface area (Å²) in [6.45, 7) is 5.21. The minimum absolute atomic E-state index is 0.0606.